The fourth-order valence-corrected chi connectivity index (χ4v) is 6.73. The van der Waals surface area contributed by atoms with E-state index in [1.165, 1.54) is 41.3 Å². The zero-order chi connectivity index (χ0) is 27.2. The maximum Gasteiger partial charge on any atom is 0.253 e. The normalized spacial score (nSPS) is 18.1. The number of carbonyl (C=O) groups is 2. The molecule has 0 N–H and O–H groups in total. The molecule has 3 heterocycles. The summed E-state index contributed by atoms with van der Waals surface area (Å²) in [5.74, 6) is -0.151. The Morgan fingerprint density at radius 2 is 1.74 bits per heavy atom. The van der Waals surface area contributed by atoms with Gasteiger partial charge in [-0.3, -0.25) is 14.5 Å². The van der Waals surface area contributed by atoms with Gasteiger partial charge in [0.05, 0.1) is 12.6 Å². The van der Waals surface area contributed by atoms with Gasteiger partial charge in [-0.1, -0.05) is 44.0 Å². The first-order valence-electron chi connectivity index (χ1n) is 14.2. The first-order chi connectivity index (χ1) is 19.0. The molecule has 1 fully saturated rings. The average molecular weight is 548 g/mol. The molecule has 2 aliphatic rings. The zero-order valence-electron chi connectivity index (χ0n) is 22.8. The molecule has 5 rings (SSSR count). The minimum Gasteiger partial charge on any atom is -0.340 e. The molecule has 0 bridgehead atoms. The highest BCUT2D eigenvalue weighted by Gasteiger charge is 2.32. The summed E-state index contributed by atoms with van der Waals surface area (Å²) >= 11 is 1.73. The zero-order valence-corrected chi connectivity index (χ0v) is 23.6. The van der Waals surface area contributed by atoms with Gasteiger partial charge in [0.25, 0.3) is 5.91 Å². The van der Waals surface area contributed by atoms with Crippen LogP contribution in [-0.4, -0.2) is 65.8 Å². The number of benzene rings is 2. The van der Waals surface area contributed by atoms with Crippen molar-refractivity contribution in [2.24, 2.45) is 0 Å². The van der Waals surface area contributed by atoms with Gasteiger partial charge in [0.2, 0.25) is 5.91 Å². The number of halogens is 1. The van der Waals surface area contributed by atoms with Crippen molar-refractivity contribution < 1.29 is 14.0 Å². The van der Waals surface area contributed by atoms with Crippen molar-refractivity contribution >= 4 is 23.2 Å². The van der Waals surface area contributed by atoms with Crippen molar-refractivity contribution in [3.8, 4) is 0 Å². The van der Waals surface area contributed by atoms with Gasteiger partial charge in [0.15, 0.2) is 0 Å². The lowest BCUT2D eigenvalue weighted by molar-refractivity contribution is -0.132. The van der Waals surface area contributed by atoms with Crippen LogP contribution in [0.2, 0.25) is 0 Å². The Morgan fingerprint density at radius 1 is 0.949 bits per heavy atom. The molecule has 2 amide bonds. The number of amides is 2. The summed E-state index contributed by atoms with van der Waals surface area (Å²) in [5.41, 5.74) is 4.04. The third-order valence-corrected chi connectivity index (χ3v) is 8.97. The van der Waals surface area contributed by atoms with Crippen LogP contribution in [0.3, 0.4) is 0 Å². The highest BCUT2D eigenvalue weighted by atomic mass is 32.1. The number of fused-ring (bicyclic) bond motifs is 1. The first-order valence-corrected chi connectivity index (χ1v) is 15.1. The number of hydrogen-bond acceptors (Lipinski definition) is 4. The predicted molar refractivity (Wildman–Crippen MR) is 155 cm³/mol. The second-order valence-corrected chi connectivity index (χ2v) is 11.7. The Labute approximate surface area is 235 Å². The second-order valence-electron chi connectivity index (χ2n) is 10.7. The Morgan fingerprint density at radius 3 is 2.54 bits per heavy atom. The predicted octanol–water partition coefficient (Wildman–Crippen LogP) is 5.94. The lowest BCUT2D eigenvalue weighted by atomic mass is 9.93. The molecule has 0 radical (unpaired) electrons. The van der Waals surface area contributed by atoms with E-state index in [-0.39, 0.29) is 30.2 Å². The van der Waals surface area contributed by atoms with Crippen LogP contribution in [0.4, 0.5) is 4.39 Å². The van der Waals surface area contributed by atoms with Crippen molar-refractivity contribution in [1.29, 1.82) is 0 Å². The highest BCUT2D eigenvalue weighted by Crippen LogP contribution is 2.37. The van der Waals surface area contributed by atoms with E-state index < -0.39 is 0 Å². The van der Waals surface area contributed by atoms with Gasteiger partial charge in [0.1, 0.15) is 5.82 Å². The SMILES string of the molecule is CCCCCc1ccc(C(=O)N2CCCN(C(=O)CN3CCc4sccc4C3c3cccc(F)c3)CC2)cc1. The summed E-state index contributed by atoms with van der Waals surface area (Å²) in [5, 5.41) is 2.09. The van der Waals surface area contributed by atoms with Crippen molar-refractivity contribution in [3.05, 3.63) is 92.9 Å². The molecule has 2 aromatic carbocycles. The third kappa shape index (κ3) is 6.59. The molecule has 5 nitrogen and oxygen atoms in total. The van der Waals surface area contributed by atoms with Gasteiger partial charge in [-0.05, 0) is 78.1 Å². The van der Waals surface area contributed by atoms with Crippen LogP contribution in [-0.2, 0) is 17.6 Å². The number of unbranched alkanes of at least 4 members (excludes halogenated alkanes) is 2. The Kier molecular flexibility index (Phi) is 9.09. The summed E-state index contributed by atoms with van der Waals surface area (Å²) in [6.07, 6.45) is 6.30. The maximum absolute atomic E-state index is 14.1. The van der Waals surface area contributed by atoms with Gasteiger partial charge >= 0.3 is 0 Å². The summed E-state index contributed by atoms with van der Waals surface area (Å²) in [7, 11) is 0. The topological polar surface area (TPSA) is 43.9 Å². The average Bonchev–Trinajstić information content (AvgIpc) is 3.28. The Bertz CT molecular complexity index is 1270. The number of nitrogens with zero attached hydrogens (tertiary/aromatic N) is 3. The molecule has 39 heavy (non-hydrogen) atoms. The maximum atomic E-state index is 14.1. The van der Waals surface area contributed by atoms with E-state index in [9.17, 15) is 14.0 Å². The largest absolute Gasteiger partial charge is 0.340 e. The number of hydrogen-bond donors (Lipinski definition) is 0. The standard InChI is InChI=1S/C32H38FN3O2S/c1-2-3-4-7-24-10-12-25(13-11-24)32(38)35-17-6-16-34(19-20-35)30(37)23-36-18-14-29-28(15-21-39-29)31(36)26-8-5-9-27(33)22-26/h5,8-13,15,21-22,31H,2-4,6-7,14,16-20,23H2,1H3. The molecule has 1 aromatic heterocycles. The molecule has 2 aliphatic heterocycles. The minimum atomic E-state index is -0.260. The molecule has 1 atom stereocenters. The van der Waals surface area contributed by atoms with Gasteiger partial charge in [-0.2, -0.15) is 0 Å². The molecule has 7 heteroatoms. The summed E-state index contributed by atoms with van der Waals surface area (Å²) in [6, 6.07) is 16.8. The minimum absolute atomic E-state index is 0.0385. The number of carbonyl (C=O) groups excluding carboxylic acids is 2. The lowest BCUT2D eigenvalue weighted by Crippen LogP contribution is -2.45. The van der Waals surface area contributed by atoms with E-state index >= 15 is 0 Å². The fourth-order valence-electron chi connectivity index (χ4n) is 5.83. The van der Waals surface area contributed by atoms with Crippen LogP contribution in [0, 0.1) is 5.82 Å². The first kappa shape index (κ1) is 27.5. The van der Waals surface area contributed by atoms with Crippen LogP contribution in [0.1, 0.15) is 70.6 Å². The lowest BCUT2D eigenvalue weighted by Gasteiger charge is -2.37. The highest BCUT2D eigenvalue weighted by molar-refractivity contribution is 7.10. The van der Waals surface area contributed by atoms with E-state index in [0.717, 1.165) is 31.4 Å². The van der Waals surface area contributed by atoms with Gasteiger partial charge in [-0.25, -0.2) is 4.39 Å². The van der Waals surface area contributed by atoms with Crippen LogP contribution in [0.5, 0.6) is 0 Å². The molecular weight excluding hydrogens is 509 g/mol. The van der Waals surface area contributed by atoms with Gasteiger partial charge in [-0.15, -0.1) is 11.3 Å². The second kappa shape index (κ2) is 12.9. The van der Waals surface area contributed by atoms with Crippen molar-refractivity contribution in [1.82, 2.24) is 14.7 Å². The molecule has 0 spiro atoms. The molecule has 0 saturated carbocycles. The Balaban J connectivity index is 1.21. The fraction of sp³-hybridized carbons (Fsp3) is 0.438. The van der Waals surface area contributed by atoms with E-state index in [2.05, 4.69) is 35.4 Å². The molecule has 1 saturated heterocycles. The van der Waals surface area contributed by atoms with Crippen LogP contribution < -0.4 is 0 Å². The van der Waals surface area contributed by atoms with E-state index in [0.29, 0.717) is 31.7 Å². The third-order valence-electron chi connectivity index (χ3n) is 7.97. The monoisotopic (exact) mass is 547 g/mol. The summed E-state index contributed by atoms with van der Waals surface area (Å²) in [4.78, 5) is 34.0. The summed E-state index contributed by atoms with van der Waals surface area (Å²) < 4.78 is 14.1. The smallest absolute Gasteiger partial charge is 0.253 e. The van der Waals surface area contributed by atoms with Crippen LogP contribution >= 0.6 is 11.3 Å². The number of aryl methyl sites for hydroxylation is 1. The molecule has 1 unspecified atom stereocenters. The molecular formula is C32H38FN3O2S. The van der Waals surface area contributed by atoms with E-state index in [1.54, 1.807) is 23.5 Å². The van der Waals surface area contributed by atoms with Crippen LogP contribution in [0.15, 0.2) is 60.0 Å². The number of thiophene rings is 1. The quantitative estimate of drug-likeness (QED) is 0.328. The van der Waals surface area contributed by atoms with Crippen molar-refractivity contribution in [2.75, 3.05) is 39.3 Å². The van der Waals surface area contributed by atoms with Crippen molar-refractivity contribution in [3.63, 3.8) is 0 Å². The van der Waals surface area contributed by atoms with Gasteiger partial charge in [0, 0.05) is 43.2 Å². The molecule has 206 valence electrons. The van der Waals surface area contributed by atoms with Gasteiger partial charge < -0.3 is 9.80 Å². The molecule has 3 aromatic rings. The van der Waals surface area contributed by atoms with Crippen LogP contribution in [0.25, 0.3) is 0 Å². The Hall–Kier alpha value is -3.03. The van der Waals surface area contributed by atoms with E-state index in [1.807, 2.05) is 28.0 Å². The number of rotatable bonds is 8. The molecule has 0 aliphatic carbocycles. The van der Waals surface area contributed by atoms with Crippen molar-refractivity contribution in [2.45, 2.75) is 51.5 Å². The van der Waals surface area contributed by atoms with E-state index in [4.69, 9.17) is 0 Å². The summed E-state index contributed by atoms with van der Waals surface area (Å²) in [6.45, 7) is 5.59.